The van der Waals surface area contributed by atoms with Crippen LogP contribution >= 0.6 is 0 Å². The fraction of sp³-hybridized carbons (Fsp3) is 0.364. The third kappa shape index (κ3) is 5.57. The molecule has 2 aromatic carbocycles. The topological polar surface area (TPSA) is 84.6 Å². The summed E-state index contributed by atoms with van der Waals surface area (Å²) in [5.74, 6) is -0.436. The number of amides is 1. The van der Waals surface area contributed by atoms with Gasteiger partial charge in [0.1, 0.15) is 5.75 Å². The molecule has 0 fully saturated rings. The molecule has 0 bridgehead atoms. The van der Waals surface area contributed by atoms with Gasteiger partial charge in [-0.15, -0.1) is 0 Å². The molecule has 0 heterocycles. The van der Waals surface area contributed by atoms with Crippen molar-refractivity contribution in [3.8, 4) is 11.8 Å². The highest BCUT2D eigenvalue weighted by molar-refractivity contribution is 5.95. The molecule has 0 radical (unpaired) electrons. The number of aromatic hydroxyl groups is 1. The zero-order chi connectivity index (χ0) is 19.8. The van der Waals surface area contributed by atoms with Gasteiger partial charge in [-0.1, -0.05) is 12.1 Å². The Morgan fingerprint density at radius 2 is 1.74 bits per heavy atom. The quantitative estimate of drug-likeness (QED) is 0.747. The highest BCUT2D eigenvalue weighted by Crippen LogP contribution is 2.24. The minimum Gasteiger partial charge on any atom is -0.508 e. The maximum Gasteiger partial charge on any atom is 0.232 e. The number of nitriles is 1. The number of phenolic OH excluding ortho intramolecular Hbond substituents is 1. The Labute approximate surface area is 160 Å². The van der Waals surface area contributed by atoms with Gasteiger partial charge in [-0.05, 0) is 75.1 Å². The molecule has 2 aromatic rings. The Kier molecular flexibility index (Phi) is 7.39. The third-order valence-electron chi connectivity index (χ3n) is 4.55. The van der Waals surface area contributed by atoms with E-state index in [0.29, 0.717) is 17.7 Å². The minimum atomic E-state index is -0.473. The van der Waals surface area contributed by atoms with E-state index in [4.69, 9.17) is 5.26 Å². The summed E-state index contributed by atoms with van der Waals surface area (Å²) in [5, 5.41) is 28.1. The van der Waals surface area contributed by atoms with E-state index < -0.39 is 5.92 Å². The summed E-state index contributed by atoms with van der Waals surface area (Å²) in [5.41, 5.74) is 2.44. The van der Waals surface area contributed by atoms with Crippen LogP contribution in [-0.2, 0) is 11.2 Å². The fourth-order valence-corrected chi connectivity index (χ4v) is 3.08. The number of aliphatic hydroxyl groups excluding tert-OH is 1. The van der Waals surface area contributed by atoms with E-state index in [9.17, 15) is 15.0 Å². The Morgan fingerprint density at radius 3 is 2.26 bits per heavy atom. The summed E-state index contributed by atoms with van der Waals surface area (Å²) in [7, 11) is 0. The maximum absolute atomic E-state index is 13.0. The van der Waals surface area contributed by atoms with Gasteiger partial charge < -0.3 is 15.1 Å². The van der Waals surface area contributed by atoms with Crippen LogP contribution in [0.5, 0.6) is 5.75 Å². The Morgan fingerprint density at radius 1 is 1.11 bits per heavy atom. The van der Waals surface area contributed by atoms with E-state index in [1.54, 1.807) is 41.3 Å². The van der Waals surface area contributed by atoms with Crippen LogP contribution in [0.25, 0.3) is 0 Å². The number of anilines is 1. The van der Waals surface area contributed by atoms with Crippen molar-refractivity contribution < 1.29 is 15.0 Å². The smallest absolute Gasteiger partial charge is 0.232 e. The first kappa shape index (κ1) is 20.5. The molecule has 0 aromatic heterocycles. The molecule has 5 nitrogen and oxygen atoms in total. The summed E-state index contributed by atoms with van der Waals surface area (Å²) < 4.78 is 0. The lowest BCUT2D eigenvalue weighted by atomic mass is 9.97. The molecule has 0 aliphatic carbocycles. The number of nitrogens with zero attached hydrogens (tertiary/aromatic N) is 2. The minimum absolute atomic E-state index is 0.0605. The van der Waals surface area contributed by atoms with Gasteiger partial charge in [0.15, 0.2) is 0 Å². The van der Waals surface area contributed by atoms with Crippen LogP contribution < -0.4 is 4.90 Å². The molecule has 5 heteroatoms. The average molecular weight is 366 g/mol. The number of carbonyl (C=O) groups is 1. The standard InChI is InChI=1S/C22H26N2O3/c1-16(2)24(20-10-12-21(26)13-11-20)22(27)19(15-25)5-3-4-17-6-8-18(14-23)9-7-17/h6-13,16,19,25-26H,3-5,15H2,1-2H3. The zero-order valence-corrected chi connectivity index (χ0v) is 15.8. The lowest BCUT2D eigenvalue weighted by Gasteiger charge is -2.30. The van der Waals surface area contributed by atoms with Crippen LogP contribution in [0.15, 0.2) is 48.5 Å². The van der Waals surface area contributed by atoms with Crippen molar-refractivity contribution in [2.45, 2.75) is 39.2 Å². The Balaban J connectivity index is 2.01. The monoisotopic (exact) mass is 366 g/mol. The number of aryl methyl sites for hydroxylation is 1. The van der Waals surface area contributed by atoms with Gasteiger partial charge in [0.05, 0.1) is 24.2 Å². The third-order valence-corrected chi connectivity index (χ3v) is 4.55. The number of benzene rings is 2. The largest absolute Gasteiger partial charge is 0.508 e. The van der Waals surface area contributed by atoms with Crippen LogP contribution in [0.3, 0.4) is 0 Å². The van der Waals surface area contributed by atoms with Gasteiger partial charge in [0, 0.05) is 11.7 Å². The highest BCUT2D eigenvalue weighted by Gasteiger charge is 2.26. The highest BCUT2D eigenvalue weighted by atomic mass is 16.3. The molecular weight excluding hydrogens is 340 g/mol. The summed E-state index contributed by atoms with van der Waals surface area (Å²) in [6, 6.07) is 16.0. The predicted molar refractivity (Wildman–Crippen MR) is 105 cm³/mol. The molecule has 27 heavy (non-hydrogen) atoms. The first-order chi connectivity index (χ1) is 13.0. The predicted octanol–water partition coefficient (Wildman–Crippen LogP) is 3.64. The first-order valence-electron chi connectivity index (χ1n) is 9.18. The van der Waals surface area contributed by atoms with Crippen LogP contribution in [0.4, 0.5) is 5.69 Å². The number of aliphatic hydroxyl groups is 1. The van der Waals surface area contributed by atoms with E-state index >= 15 is 0 Å². The van der Waals surface area contributed by atoms with Gasteiger partial charge in [-0.2, -0.15) is 5.26 Å². The molecular formula is C22H26N2O3. The molecule has 0 spiro atoms. The first-order valence-corrected chi connectivity index (χ1v) is 9.18. The number of carbonyl (C=O) groups excluding carboxylic acids is 1. The number of phenols is 1. The second-order valence-electron chi connectivity index (χ2n) is 6.90. The van der Waals surface area contributed by atoms with Crippen LogP contribution in [0.1, 0.15) is 37.8 Å². The number of rotatable bonds is 8. The zero-order valence-electron chi connectivity index (χ0n) is 15.8. The van der Waals surface area contributed by atoms with Gasteiger partial charge in [0.25, 0.3) is 0 Å². The molecule has 1 unspecified atom stereocenters. The molecule has 0 aliphatic rings. The van der Waals surface area contributed by atoms with Crippen molar-refractivity contribution in [2.75, 3.05) is 11.5 Å². The number of hydrogen-bond acceptors (Lipinski definition) is 4. The maximum atomic E-state index is 13.0. The van der Waals surface area contributed by atoms with Crippen LogP contribution in [-0.4, -0.2) is 28.8 Å². The van der Waals surface area contributed by atoms with Crippen molar-refractivity contribution >= 4 is 11.6 Å². The van der Waals surface area contributed by atoms with E-state index in [-0.39, 0.29) is 24.3 Å². The van der Waals surface area contributed by atoms with Crippen molar-refractivity contribution in [3.63, 3.8) is 0 Å². The van der Waals surface area contributed by atoms with Crippen molar-refractivity contribution in [1.82, 2.24) is 0 Å². The molecule has 0 aliphatic heterocycles. The van der Waals surface area contributed by atoms with Crippen molar-refractivity contribution in [3.05, 3.63) is 59.7 Å². The fourth-order valence-electron chi connectivity index (χ4n) is 3.08. The molecule has 2 rings (SSSR count). The van der Waals surface area contributed by atoms with E-state index in [0.717, 1.165) is 18.4 Å². The summed E-state index contributed by atoms with van der Waals surface area (Å²) in [6.07, 6.45) is 2.14. The van der Waals surface area contributed by atoms with Crippen molar-refractivity contribution in [1.29, 1.82) is 5.26 Å². The normalized spacial score (nSPS) is 11.8. The summed E-state index contributed by atoms with van der Waals surface area (Å²) >= 11 is 0. The SMILES string of the molecule is CC(C)N(C(=O)C(CO)CCCc1ccc(C#N)cc1)c1ccc(O)cc1. The molecule has 142 valence electrons. The van der Waals surface area contributed by atoms with Crippen molar-refractivity contribution in [2.24, 2.45) is 5.92 Å². The second kappa shape index (κ2) is 9.75. The number of hydrogen-bond donors (Lipinski definition) is 2. The second-order valence-corrected chi connectivity index (χ2v) is 6.90. The van der Waals surface area contributed by atoms with E-state index in [2.05, 4.69) is 6.07 Å². The Bertz CT molecular complexity index is 777. The van der Waals surface area contributed by atoms with E-state index in [1.807, 2.05) is 26.0 Å². The van der Waals surface area contributed by atoms with Gasteiger partial charge >= 0.3 is 0 Å². The molecule has 1 amide bonds. The van der Waals surface area contributed by atoms with Gasteiger partial charge in [-0.3, -0.25) is 4.79 Å². The molecule has 1 atom stereocenters. The molecule has 0 saturated heterocycles. The van der Waals surface area contributed by atoms with Crippen LogP contribution in [0.2, 0.25) is 0 Å². The Hall–Kier alpha value is -2.84. The van der Waals surface area contributed by atoms with E-state index in [1.165, 1.54) is 0 Å². The molecule has 0 saturated carbocycles. The molecule has 2 N–H and O–H groups in total. The lowest BCUT2D eigenvalue weighted by molar-refractivity contribution is -0.124. The average Bonchev–Trinajstić information content (AvgIpc) is 2.67. The summed E-state index contributed by atoms with van der Waals surface area (Å²) in [4.78, 5) is 14.7. The lowest BCUT2D eigenvalue weighted by Crippen LogP contribution is -2.42. The summed E-state index contributed by atoms with van der Waals surface area (Å²) in [6.45, 7) is 3.65. The van der Waals surface area contributed by atoms with Gasteiger partial charge in [0.2, 0.25) is 5.91 Å². The van der Waals surface area contributed by atoms with Crippen LogP contribution in [0, 0.1) is 17.2 Å². The van der Waals surface area contributed by atoms with Gasteiger partial charge in [-0.25, -0.2) is 0 Å².